The van der Waals surface area contributed by atoms with Crippen LogP contribution in [0.1, 0.15) is 15.9 Å². The zero-order valence-corrected chi connectivity index (χ0v) is 11.5. The van der Waals surface area contributed by atoms with Crippen LogP contribution in [0.3, 0.4) is 0 Å². The van der Waals surface area contributed by atoms with Crippen molar-refractivity contribution in [3.05, 3.63) is 46.7 Å². The second-order valence-electron chi connectivity index (χ2n) is 4.25. The fourth-order valence-corrected chi connectivity index (χ4v) is 2.03. The number of rotatable bonds is 6. The first-order chi connectivity index (χ1) is 9.60. The van der Waals surface area contributed by atoms with Crippen LogP contribution in [-0.2, 0) is 13.1 Å². The van der Waals surface area contributed by atoms with E-state index in [2.05, 4.69) is 10.4 Å². The number of hydrogen-bond acceptors (Lipinski definition) is 4. The number of nitrogens with zero attached hydrogens (tertiary/aromatic N) is 2. The van der Waals surface area contributed by atoms with Gasteiger partial charge in [-0.1, -0.05) is 11.6 Å². The summed E-state index contributed by atoms with van der Waals surface area (Å²) >= 11 is 5.97. The number of aliphatic hydroxyl groups excluding tert-OH is 1. The van der Waals surface area contributed by atoms with Crippen LogP contribution in [-0.4, -0.2) is 27.4 Å². The fraction of sp³-hybridized carbons (Fsp3) is 0.231. The van der Waals surface area contributed by atoms with Gasteiger partial charge in [0.05, 0.1) is 29.9 Å². The molecule has 7 heteroatoms. The molecule has 0 saturated heterocycles. The first-order valence-electron chi connectivity index (χ1n) is 6.05. The van der Waals surface area contributed by atoms with Crippen molar-refractivity contribution in [2.45, 2.75) is 13.1 Å². The van der Waals surface area contributed by atoms with Crippen molar-refractivity contribution in [3.63, 3.8) is 0 Å². The quantitative estimate of drug-likeness (QED) is 0.747. The molecule has 4 N–H and O–H groups in total. The lowest BCUT2D eigenvalue weighted by Gasteiger charge is -2.07. The van der Waals surface area contributed by atoms with Crippen molar-refractivity contribution in [1.29, 1.82) is 0 Å². The Morgan fingerprint density at radius 3 is 2.95 bits per heavy atom. The average molecular weight is 295 g/mol. The number of benzene rings is 1. The summed E-state index contributed by atoms with van der Waals surface area (Å²) in [6.45, 7) is 1.09. The Morgan fingerprint density at radius 1 is 1.50 bits per heavy atom. The zero-order chi connectivity index (χ0) is 14.5. The molecule has 0 bridgehead atoms. The predicted molar refractivity (Wildman–Crippen MR) is 76.6 cm³/mol. The van der Waals surface area contributed by atoms with Gasteiger partial charge in [-0.05, 0) is 18.2 Å². The van der Waals surface area contributed by atoms with Gasteiger partial charge >= 0.3 is 0 Å². The Labute approximate surface area is 121 Å². The first-order valence-corrected chi connectivity index (χ1v) is 6.43. The zero-order valence-electron chi connectivity index (χ0n) is 10.7. The van der Waals surface area contributed by atoms with Crippen molar-refractivity contribution < 1.29 is 9.90 Å². The second-order valence-corrected chi connectivity index (χ2v) is 4.65. The minimum atomic E-state index is -0.549. The molecule has 1 heterocycles. The molecule has 0 spiro atoms. The highest BCUT2D eigenvalue weighted by molar-refractivity contribution is 6.34. The number of aromatic nitrogens is 2. The highest BCUT2D eigenvalue weighted by atomic mass is 35.5. The van der Waals surface area contributed by atoms with E-state index in [9.17, 15) is 4.79 Å². The number of nitrogens with two attached hydrogens (primary N) is 1. The van der Waals surface area contributed by atoms with Crippen LogP contribution in [0.4, 0.5) is 5.69 Å². The van der Waals surface area contributed by atoms with E-state index in [0.717, 1.165) is 11.3 Å². The SMILES string of the molecule is NC(=O)c1ccc(NCc2cnn(CCO)c2)cc1Cl. The highest BCUT2D eigenvalue weighted by Gasteiger charge is 2.07. The van der Waals surface area contributed by atoms with Gasteiger partial charge < -0.3 is 16.2 Å². The number of halogens is 1. The van der Waals surface area contributed by atoms with E-state index in [0.29, 0.717) is 23.7 Å². The molecular weight excluding hydrogens is 280 g/mol. The number of anilines is 1. The van der Waals surface area contributed by atoms with E-state index in [1.165, 1.54) is 0 Å². The Balaban J connectivity index is 1.99. The van der Waals surface area contributed by atoms with Crippen molar-refractivity contribution in [1.82, 2.24) is 9.78 Å². The maximum atomic E-state index is 11.1. The third-order valence-electron chi connectivity index (χ3n) is 2.75. The van der Waals surface area contributed by atoms with Gasteiger partial charge in [-0.25, -0.2) is 0 Å². The van der Waals surface area contributed by atoms with E-state index < -0.39 is 5.91 Å². The highest BCUT2D eigenvalue weighted by Crippen LogP contribution is 2.21. The molecule has 0 aliphatic heterocycles. The van der Waals surface area contributed by atoms with Crippen LogP contribution in [0.5, 0.6) is 0 Å². The van der Waals surface area contributed by atoms with Gasteiger partial charge in [0.15, 0.2) is 0 Å². The van der Waals surface area contributed by atoms with Crippen LogP contribution in [0.2, 0.25) is 5.02 Å². The molecule has 1 aromatic heterocycles. The number of hydrogen-bond donors (Lipinski definition) is 3. The molecule has 0 radical (unpaired) electrons. The average Bonchev–Trinajstić information content (AvgIpc) is 2.84. The van der Waals surface area contributed by atoms with Crippen molar-refractivity contribution in [2.24, 2.45) is 5.73 Å². The number of carbonyl (C=O) groups excluding carboxylic acids is 1. The van der Waals surface area contributed by atoms with E-state index in [1.807, 2.05) is 6.20 Å². The third kappa shape index (κ3) is 3.49. The predicted octanol–water partition coefficient (Wildman–Crippen LogP) is 1.24. The van der Waals surface area contributed by atoms with Crippen LogP contribution >= 0.6 is 11.6 Å². The van der Waals surface area contributed by atoms with Gasteiger partial charge in [-0.2, -0.15) is 5.10 Å². The van der Waals surface area contributed by atoms with Crippen LogP contribution in [0.25, 0.3) is 0 Å². The lowest BCUT2D eigenvalue weighted by atomic mass is 10.2. The number of primary amides is 1. The monoisotopic (exact) mass is 294 g/mol. The topological polar surface area (TPSA) is 93.2 Å². The van der Waals surface area contributed by atoms with Gasteiger partial charge in [0.1, 0.15) is 0 Å². The fourth-order valence-electron chi connectivity index (χ4n) is 1.75. The molecular formula is C13H15ClN4O2. The van der Waals surface area contributed by atoms with E-state index in [1.54, 1.807) is 29.1 Å². The van der Waals surface area contributed by atoms with Crippen molar-refractivity contribution in [2.75, 3.05) is 11.9 Å². The van der Waals surface area contributed by atoms with Gasteiger partial charge in [-0.15, -0.1) is 0 Å². The summed E-state index contributed by atoms with van der Waals surface area (Å²) in [6.07, 6.45) is 3.57. The molecule has 106 valence electrons. The van der Waals surface area contributed by atoms with Crippen LogP contribution in [0.15, 0.2) is 30.6 Å². The standard InChI is InChI=1S/C13H15ClN4O2/c14-12-5-10(1-2-11(12)13(15)20)16-6-9-7-17-18(8-9)3-4-19/h1-2,5,7-8,16,19H,3-4,6H2,(H2,15,20). The van der Waals surface area contributed by atoms with Crippen LogP contribution < -0.4 is 11.1 Å². The lowest BCUT2D eigenvalue weighted by molar-refractivity contribution is 0.100. The lowest BCUT2D eigenvalue weighted by Crippen LogP contribution is -2.11. The number of carbonyl (C=O) groups is 1. The number of amides is 1. The minimum absolute atomic E-state index is 0.0543. The molecule has 0 atom stereocenters. The van der Waals surface area contributed by atoms with Gasteiger partial charge in [0, 0.05) is 24.0 Å². The molecule has 2 rings (SSSR count). The van der Waals surface area contributed by atoms with Crippen LogP contribution in [0, 0.1) is 0 Å². The van der Waals surface area contributed by atoms with Gasteiger partial charge in [0.2, 0.25) is 5.91 Å². The molecule has 0 aliphatic rings. The summed E-state index contributed by atoms with van der Waals surface area (Å²) < 4.78 is 1.67. The first kappa shape index (κ1) is 14.4. The maximum absolute atomic E-state index is 11.1. The summed E-state index contributed by atoms with van der Waals surface area (Å²) in [7, 11) is 0. The molecule has 2 aromatic rings. The van der Waals surface area contributed by atoms with E-state index in [-0.39, 0.29) is 6.61 Å². The summed E-state index contributed by atoms with van der Waals surface area (Å²) in [4.78, 5) is 11.1. The second kappa shape index (κ2) is 6.40. The molecule has 0 saturated carbocycles. The Bertz CT molecular complexity index is 612. The summed E-state index contributed by atoms with van der Waals surface area (Å²) in [5.74, 6) is -0.549. The molecule has 0 unspecified atom stereocenters. The summed E-state index contributed by atoms with van der Waals surface area (Å²) in [6, 6.07) is 4.98. The molecule has 0 aliphatic carbocycles. The third-order valence-corrected chi connectivity index (χ3v) is 3.06. The van der Waals surface area contributed by atoms with Crippen molar-refractivity contribution >= 4 is 23.2 Å². The molecule has 1 amide bonds. The number of nitrogens with one attached hydrogen (secondary N) is 1. The summed E-state index contributed by atoms with van der Waals surface area (Å²) in [5.41, 5.74) is 7.25. The Hall–Kier alpha value is -2.05. The molecule has 20 heavy (non-hydrogen) atoms. The largest absolute Gasteiger partial charge is 0.394 e. The molecule has 0 fully saturated rings. The molecule has 1 aromatic carbocycles. The minimum Gasteiger partial charge on any atom is -0.394 e. The maximum Gasteiger partial charge on any atom is 0.250 e. The Morgan fingerprint density at radius 2 is 2.30 bits per heavy atom. The Kier molecular flexibility index (Phi) is 4.60. The summed E-state index contributed by atoms with van der Waals surface area (Å²) in [5, 5.41) is 16.4. The van der Waals surface area contributed by atoms with Gasteiger partial charge in [0.25, 0.3) is 0 Å². The van der Waals surface area contributed by atoms with E-state index >= 15 is 0 Å². The van der Waals surface area contributed by atoms with Crippen molar-refractivity contribution in [3.8, 4) is 0 Å². The normalized spacial score (nSPS) is 10.5. The molecule has 6 nitrogen and oxygen atoms in total. The smallest absolute Gasteiger partial charge is 0.250 e. The number of aliphatic hydroxyl groups is 1. The van der Waals surface area contributed by atoms with E-state index in [4.69, 9.17) is 22.4 Å². The van der Waals surface area contributed by atoms with Gasteiger partial charge in [-0.3, -0.25) is 9.48 Å².